The first kappa shape index (κ1) is 19.3. The molecule has 2 N–H and O–H groups in total. The van der Waals surface area contributed by atoms with Crippen LogP contribution in [0.25, 0.3) is 11.0 Å². The van der Waals surface area contributed by atoms with Gasteiger partial charge in [0, 0.05) is 31.4 Å². The van der Waals surface area contributed by atoms with Gasteiger partial charge in [0.2, 0.25) is 17.4 Å². The molecule has 2 fully saturated rings. The molecule has 1 aliphatic heterocycles. The average molecular weight is 417 g/mol. The highest BCUT2D eigenvalue weighted by molar-refractivity contribution is 6.03. The van der Waals surface area contributed by atoms with Crippen molar-refractivity contribution in [2.45, 2.75) is 25.3 Å². The lowest BCUT2D eigenvalue weighted by Crippen LogP contribution is -2.42. The lowest BCUT2D eigenvalue weighted by molar-refractivity contribution is -0.125. The summed E-state index contributed by atoms with van der Waals surface area (Å²) in [6.07, 6.45) is 5.61. The van der Waals surface area contributed by atoms with Crippen LogP contribution in [0.3, 0.4) is 0 Å². The molecule has 1 aromatic carbocycles. The molecule has 5 rings (SSSR count). The number of anilines is 1. The molecule has 1 aliphatic carbocycles. The number of nitrogens with zero attached hydrogens (tertiary/aromatic N) is 3. The zero-order valence-corrected chi connectivity index (χ0v) is 17.0. The topological polar surface area (TPSA) is 100 Å². The van der Waals surface area contributed by atoms with Crippen LogP contribution < -0.4 is 10.9 Å². The van der Waals surface area contributed by atoms with Crippen molar-refractivity contribution in [3.05, 3.63) is 71.2 Å². The fraction of sp³-hybridized carbons (Fsp3) is 0.304. The number of rotatable bonds is 4. The predicted octanol–water partition coefficient (Wildman–Crippen LogP) is 2.72. The Labute approximate surface area is 178 Å². The number of para-hydroxylation sites is 2. The molecule has 1 saturated carbocycles. The number of fused-ring (bicyclic) bond motifs is 1. The van der Waals surface area contributed by atoms with E-state index >= 15 is 0 Å². The summed E-state index contributed by atoms with van der Waals surface area (Å²) < 4.78 is 2.10. The van der Waals surface area contributed by atoms with Crippen molar-refractivity contribution in [1.82, 2.24) is 19.4 Å². The third-order valence-corrected chi connectivity index (χ3v) is 6.49. The summed E-state index contributed by atoms with van der Waals surface area (Å²) in [6, 6.07) is 10.8. The van der Waals surface area contributed by atoms with E-state index in [9.17, 15) is 14.4 Å². The van der Waals surface area contributed by atoms with Gasteiger partial charge in [0.05, 0.1) is 16.6 Å². The molecule has 8 nitrogen and oxygen atoms in total. The number of nitrogens with one attached hydrogen (secondary N) is 2. The number of likely N-dealkylation sites (tertiary alicyclic amines) is 1. The Hall–Kier alpha value is -3.68. The molecule has 3 aromatic rings. The van der Waals surface area contributed by atoms with Gasteiger partial charge in [-0.1, -0.05) is 18.7 Å². The molecule has 31 heavy (non-hydrogen) atoms. The second-order valence-electron chi connectivity index (χ2n) is 8.47. The summed E-state index contributed by atoms with van der Waals surface area (Å²) in [5.74, 6) is 0.155. The number of pyridine rings is 1. The van der Waals surface area contributed by atoms with Crippen LogP contribution in [0.4, 0.5) is 5.95 Å². The minimum atomic E-state index is -0.328. The van der Waals surface area contributed by atoms with Crippen LogP contribution in [0.15, 0.2) is 60.0 Å². The van der Waals surface area contributed by atoms with Crippen LogP contribution in [0.1, 0.15) is 35.7 Å². The van der Waals surface area contributed by atoms with Crippen molar-refractivity contribution in [1.29, 1.82) is 0 Å². The zero-order chi connectivity index (χ0) is 21.6. The van der Waals surface area contributed by atoms with E-state index in [0.29, 0.717) is 11.5 Å². The number of imidazole rings is 1. The number of amides is 2. The molecule has 2 aromatic heterocycles. The van der Waals surface area contributed by atoms with Crippen LogP contribution in [-0.2, 0) is 4.79 Å². The second kappa shape index (κ2) is 7.23. The third kappa shape index (κ3) is 3.34. The van der Waals surface area contributed by atoms with Gasteiger partial charge < -0.3 is 14.5 Å². The van der Waals surface area contributed by atoms with Gasteiger partial charge in [-0.3, -0.25) is 19.7 Å². The summed E-state index contributed by atoms with van der Waals surface area (Å²) in [4.78, 5) is 45.1. The van der Waals surface area contributed by atoms with E-state index < -0.39 is 0 Å². The number of carbonyl (C=O) groups excluding carboxylic acids is 2. The monoisotopic (exact) mass is 417 g/mol. The largest absolute Gasteiger partial charge is 0.339 e. The van der Waals surface area contributed by atoms with E-state index in [1.807, 2.05) is 29.2 Å². The summed E-state index contributed by atoms with van der Waals surface area (Å²) in [5, 5.41) is 2.91. The zero-order valence-electron chi connectivity index (χ0n) is 17.0. The van der Waals surface area contributed by atoms with Gasteiger partial charge in [0.15, 0.2) is 0 Å². The molecule has 8 heteroatoms. The van der Waals surface area contributed by atoms with Crippen molar-refractivity contribution in [3.63, 3.8) is 0 Å². The molecule has 3 heterocycles. The number of benzene rings is 1. The van der Waals surface area contributed by atoms with Crippen LogP contribution in [0, 0.1) is 5.41 Å². The number of hydrogen-bond acceptors (Lipinski definition) is 4. The smallest absolute Gasteiger partial charge is 0.259 e. The van der Waals surface area contributed by atoms with Gasteiger partial charge in [0.25, 0.3) is 5.91 Å². The Morgan fingerprint density at radius 2 is 2.03 bits per heavy atom. The second-order valence-corrected chi connectivity index (χ2v) is 8.47. The normalized spacial score (nSPS) is 22.5. The molecule has 0 unspecified atom stereocenters. The standard InChI is InChI=1S/C23H23N5O3/c1-2-20(30)27-10-9-23(14-27)11-16(12-23)28-18-6-4-3-5-17(18)25-22(28)26-21(31)15-7-8-19(29)24-13-15/h2-8,13,16H,1,9-12,14H2,(H,24,29)(H,25,26,31). The van der Waals surface area contributed by atoms with Crippen LogP contribution >= 0.6 is 0 Å². The predicted molar refractivity (Wildman–Crippen MR) is 117 cm³/mol. The van der Waals surface area contributed by atoms with E-state index in [1.165, 1.54) is 24.4 Å². The highest BCUT2D eigenvalue weighted by Gasteiger charge is 2.50. The van der Waals surface area contributed by atoms with Crippen molar-refractivity contribution in [2.24, 2.45) is 5.41 Å². The first-order valence-corrected chi connectivity index (χ1v) is 10.4. The van der Waals surface area contributed by atoms with Gasteiger partial charge in [-0.15, -0.1) is 0 Å². The number of hydrogen-bond donors (Lipinski definition) is 2. The first-order chi connectivity index (χ1) is 15.0. The van der Waals surface area contributed by atoms with E-state index in [1.54, 1.807) is 0 Å². The van der Waals surface area contributed by atoms with E-state index in [4.69, 9.17) is 0 Å². The number of aromatic nitrogens is 3. The minimum Gasteiger partial charge on any atom is -0.339 e. The summed E-state index contributed by atoms with van der Waals surface area (Å²) in [5.41, 5.74) is 2.00. The fourth-order valence-electron chi connectivity index (χ4n) is 4.94. The number of carbonyl (C=O) groups is 2. The van der Waals surface area contributed by atoms with Crippen molar-refractivity contribution >= 4 is 28.8 Å². The molecule has 0 bridgehead atoms. The van der Waals surface area contributed by atoms with Gasteiger partial charge in [-0.2, -0.15) is 0 Å². The van der Waals surface area contributed by atoms with Gasteiger partial charge in [-0.25, -0.2) is 4.98 Å². The Morgan fingerprint density at radius 3 is 2.77 bits per heavy atom. The molecule has 1 saturated heterocycles. The maximum absolute atomic E-state index is 12.7. The van der Waals surface area contributed by atoms with Gasteiger partial charge in [0.1, 0.15) is 0 Å². The van der Waals surface area contributed by atoms with E-state index in [0.717, 1.165) is 43.4 Å². The Kier molecular flexibility index (Phi) is 4.50. The van der Waals surface area contributed by atoms with Crippen molar-refractivity contribution in [3.8, 4) is 0 Å². The molecule has 158 valence electrons. The maximum Gasteiger partial charge on any atom is 0.259 e. The number of H-pyrrole nitrogens is 1. The van der Waals surface area contributed by atoms with E-state index in [-0.39, 0.29) is 28.8 Å². The quantitative estimate of drug-likeness (QED) is 0.638. The Balaban J connectivity index is 1.41. The Bertz CT molecular complexity index is 1230. The van der Waals surface area contributed by atoms with E-state index in [2.05, 4.69) is 26.4 Å². The molecule has 0 radical (unpaired) electrons. The minimum absolute atomic E-state index is 0.0118. The van der Waals surface area contributed by atoms with Gasteiger partial charge >= 0.3 is 0 Å². The molecular weight excluding hydrogens is 394 g/mol. The summed E-state index contributed by atoms with van der Waals surface area (Å²) >= 11 is 0. The van der Waals surface area contributed by atoms with Crippen molar-refractivity contribution < 1.29 is 9.59 Å². The molecule has 2 aliphatic rings. The SMILES string of the molecule is C=CC(=O)N1CCC2(CC(n3c(NC(=O)c4ccc(=O)[nH]c4)nc4ccccc43)C2)C1. The van der Waals surface area contributed by atoms with Crippen LogP contribution in [-0.4, -0.2) is 44.3 Å². The number of aromatic amines is 1. The lowest BCUT2D eigenvalue weighted by atomic mass is 9.65. The lowest BCUT2D eigenvalue weighted by Gasteiger charge is -2.46. The average Bonchev–Trinajstić information content (AvgIpc) is 3.34. The van der Waals surface area contributed by atoms with Crippen LogP contribution in [0.2, 0.25) is 0 Å². The molecular formula is C23H23N5O3. The molecule has 2 amide bonds. The highest BCUT2D eigenvalue weighted by atomic mass is 16.2. The summed E-state index contributed by atoms with van der Waals surface area (Å²) in [7, 11) is 0. The highest BCUT2D eigenvalue weighted by Crippen LogP contribution is 2.55. The first-order valence-electron chi connectivity index (χ1n) is 10.4. The Morgan fingerprint density at radius 1 is 1.23 bits per heavy atom. The fourth-order valence-corrected chi connectivity index (χ4v) is 4.94. The van der Waals surface area contributed by atoms with Gasteiger partial charge in [-0.05, 0) is 49.0 Å². The third-order valence-electron chi connectivity index (χ3n) is 6.49. The maximum atomic E-state index is 12.7. The molecule has 0 atom stereocenters. The summed E-state index contributed by atoms with van der Waals surface area (Å²) in [6.45, 7) is 5.10. The van der Waals surface area contributed by atoms with Crippen LogP contribution in [0.5, 0.6) is 0 Å². The molecule has 1 spiro atoms. The van der Waals surface area contributed by atoms with Crippen molar-refractivity contribution in [2.75, 3.05) is 18.4 Å².